The van der Waals surface area contributed by atoms with E-state index in [2.05, 4.69) is 0 Å². The molecule has 0 saturated carbocycles. The molecule has 0 bridgehead atoms. The number of nitrogens with zero attached hydrogens (tertiary/aromatic N) is 1. The lowest BCUT2D eigenvalue weighted by molar-refractivity contribution is -0.253. The van der Waals surface area contributed by atoms with Crippen LogP contribution < -0.4 is 0 Å². The zero-order valence-corrected chi connectivity index (χ0v) is 11.9. The lowest BCUT2D eigenvalue weighted by Crippen LogP contribution is -2.48. The standard InChI is InChI=1S/C14H15ClF3NO2/c15-11-4-1-10(2-5-11)3-6-12(20)19-8-7-13(21,9-19)14(16,17)18/h1-2,4-5,21H,3,6-9H2/t13-/m0/s1. The number of carbonyl (C=O) groups is 1. The number of halogens is 4. The number of carbonyl (C=O) groups excluding carboxylic acids is 1. The van der Waals surface area contributed by atoms with Gasteiger partial charge in [-0.3, -0.25) is 4.79 Å². The Morgan fingerprint density at radius 3 is 2.48 bits per heavy atom. The summed E-state index contributed by atoms with van der Waals surface area (Å²) in [5.41, 5.74) is -1.89. The summed E-state index contributed by atoms with van der Waals surface area (Å²) in [6.45, 7) is -0.759. The number of likely N-dealkylation sites (tertiary alicyclic amines) is 1. The second-order valence-electron chi connectivity index (χ2n) is 5.22. The summed E-state index contributed by atoms with van der Waals surface area (Å²) in [6.07, 6.45) is -4.64. The first-order valence-electron chi connectivity index (χ1n) is 6.53. The molecule has 0 aliphatic carbocycles. The summed E-state index contributed by atoms with van der Waals surface area (Å²) in [4.78, 5) is 13.0. The van der Waals surface area contributed by atoms with Crippen LogP contribution in [0.15, 0.2) is 24.3 Å². The molecule has 0 unspecified atom stereocenters. The zero-order chi connectivity index (χ0) is 15.7. The van der Waals surface area contributed by atoms with Gasteiger partial charge in [-0.1, -0.05) is 23.7 Å². The first-order valence-corrected chi connectivity index (χ1v) is 6.90. The van der Waals surface area contributed by atoms with E-state index in [9.17, 15) is 23.1 Å². The van der Waals surface area contributed by atoms with Crippen molar-refractivity contribution in [3.05, 3.63) is 34.9 Å². The molecular formula is C14H15ClF3NO2. The molecule has 1 aliphatic rings. The quantitative estimate of drug-likeness (QED) is 0.930. The van der Waals surface area contributed by atoms with Gasteiger partial charge in [0.05, 0.1) is 6.54 Å². The molecule has 116 valence electrons. The molecule has 21 heavy (non-hydrogen) atoms. The maximum atomic E-state index is 12.7. The first-order chi connectivity index (χ1) is 9.71. The van der Waals surface area contributed by atoms with Crippen LogP contribution in [0.5, 0.6) is 0 Å². The Labute approximate surface area is 125 Å². The second kappa shape index (κ2) is 5.85. The molecule has 3 nitrogen and oxygen atoms in total. The van der Waals surface area contributed by atoms with Gasteiger partial charge < -0.3 is 10.0 Å². The monoisotopic (exact) mass is 321 g/mol. The molecule has 1 atom stereocenters. The molecule has 1 aliphatic heterocycles. The van der Waals surface area contributed by atoms with Crippen LogP contribution >= 0.6 is 11.6 Å². The fraction of sp³-hybridized carbons (Fsp3) is 0.500. The lowest BCUT2D eigenvalue weighted by atomic mass is 10.0. The van der Waals surface area contributed by atoms with E-state index in [0.717, 1.165) is 10.5 Å². The summed E-state index contributed by atoms with van der Waals surface area (Å²) in [5.74, 6) is -0.384. The second-order valence-corrected chi connectivity index (χ2v) is 5.66. The molecule has 1 N–H and O–H groups in total. The number of β-amino-alcohol motifs (C(OH)–C–C–N with tert-alkyl or cyclic N) is 1. The summed E-state index contributed by atoms with van der Waals surface area (Å²) >= 11 is 5.74. The third-order valence-electron chi connectivity index (χ3n) is 3.67. The maximum absolute atomic E-state index is 12.7. The Morgan fingerprint density at radius 2 is 1.95 bits per heavy atom. The van der Waals surface area contributed by atoms with Crippen LogP contribution in [0.1, 0.15) is 18.4 Å². The Balaban J connectivity index is 1.89. The molecule has 0 aromatic heterocycles. The Hall–Kier alpha value is -1.27. The van der Waals surface area contributed by atoms with Gasteiger partial charge in [-0.05, 0) is 24.1 Å². The van der Waals surface area contributed by atoms with Crippen LogP contribution in [0.3, 0.4) is 0 Å². The summed E-state index contributed by atoms with van der Waals surface area (Å²) in [7, 11) is 0. The van der Waals surface area contributed by atoms with E-state index in [1.54, 1.807) is 24.3 Å². The molecule has 1 saturated heterocycles. The fourth-order valence-electron chi connectivity index (χ4n) is 2.30. The van der Waals surface area contributed by atoms with E-state index < -0.39 is 24.7 Å². The zero-order valence-electron chi connectivity index (χ0n) is 11.2. The van der Waals surface area contributed by atoms with Crippen LogP contribution in [-0.4, -0.2) is 40.8 Å². The molecular weight excluding hydrogens is 307 g/mol. The number of alkyl halides is 3. The van der Waals surface area contributed by atoms with E-state index in [-0.39, 0.29) is 18.9 Å². The number of benzene rings is 1. The van der Waals surface area contributed by atoms with Crippen LogP contribution in [0.4, 0.5) is 13.2 Å². The normalized spacial score (nSPS) is 22.6. The maximum Gasteiger partial charge on any atom is 0.419 e. The van der Waals surface area contributed by atoms with Crippen LogP contribution in [-0.2, 0) is 11.2 Å². The lowest BCUT2D eigenvalue weighted by Gasteiger charge is -2.25. The van der Waals surface area contributed by atoms with Gasteiger partial charge in [0.2, 0.25) is 5.91 Å². The molecule has 2 rings (SSSR count). The number of hydrogen-bond acceptors (Lipinski definition) is 2. The third-order valence-corrected chi connectivity index (χ3v) is 3.92. The van der Waals surface area contributed by atoms with Crippen molar-refractivity contribution in [3.8, 4) is 0 Å². The van der Waals surface area contributed by atoms with E-state index >= 15 is 0 Å². The molecule has 0 radical (unpaired) electrons. The molecule has 1 fully saturated rings. The molecule has 1 amide bonds. The topological polar surface area (TPSA) is 40.5 Å². The van der Waals surface area contributed by atoms with Crippen molar-refractivity contribution in [2.24, 2.45) is 0 Å². The smallest absolute Gasteiger partial charge is 0.379 e. The van der Waals surface area contributed by atoms with Crippen molar-refractivity contribution < 1.29 is 23.1 Å². The van der Waals surface area contributed by atoms with Crippen molar-refractivity contribution >= 4 is 17.5 Å². The highest BCUT2D eigenvalue weighted by Crippen LogP contribution is 2.37. The highest BCUT2D eigenvalue weighted by atomic mass is 35.5. The third kappa shape index (κ3) is 3.68. The summed E-state index contributed by atoms with van der Waals surface area (Å²) in [5, 5.41) is 10.1. The van der Waals surface area contributed by atoms with E-state index in [0.29, 0.717) is 11.4 Å². The van der Waals surface area contributed by atoms with E-state index in [1.165, 1.54) is 0 Å². The van der Waals surface area contributed by atoms with Gasteiger partial charge in [-0.2, -0.15) is 13.2 Å². The predicted octanol–water partition coefficient (Wildman–Crippen LogP) is 2.80. The van der Waals surface area contributed by atoms with Gasteiger partial charge >= 0.3 is 6.18 Å². The number of rotatable bonds is 3. The van der Waals surface area contributed by atoms with E-state index in [1.807, 2.05) is 0 Å². The Morgan fingerprint density at radius 1 is 1.33 bits per heavy atom. The highest BCUT2D eigenvalue weighted by Gasteiger charge is 2.57. The summed E-state index contributed by atoms with van der Waals surface area (Å²) in [6, 6.07) is 6.93. The molecule has 1 heterocycles. The van der Waals surface area contributed by atoms with Gasteiger partial charge in [0, 0.05) is 24.4 Å². The molecule has 1 aromatic carbocycles. The average molecular weight is 322 g/mol. The van der Waals surface area contributed by atoms with Crippen molar-refractivity contribution in [2.45, 2.75) is 31.0 Å². The van der Waals surface area contributed by atoms with E-state index in [4.69, 9.17) is 11.6 Å². The van der Waals surface area contributed by atoms with Gasteiger partial charge in [0.1, 0.15) is 0 Å². The summed E-state index contributed by atoms with van der Waals surface area (Å²) < 4.78 is 38.0. The van der Waals surface area contributed by atoms with Gasteiger partial charge in [0.15, 0.2) is 5.60 Å². The number of aliphatic hydroxyl groups is 1. The number of amides is 1. The van der Waals surface area contributed by atoms with Gasteiger partial charge in [0.25, 0.3) is 0 Å². The molecule has 1 aromatic rings. The minimum absolute atomic E-state index is 0.0739. The predicted molar refractivity (Wildman–Crippen MR) is 72.0 cm³/mol. The number of hydrogen-bond donors (Lipinski definition) is 1. The average Bonchev–Trinajstić information content (AvgIpc) is 2.81. The highest BCUT2D eigenvalue weighted by molar-refractivity contribution is 6.30. The minimum atomic E-state index is -4.71. The van der Waals surface area contributed by atoms with Crippen LogP contribution in [0, 0.1) is 0 Å². The number of aryl methyl sites for hydroxylation is 1. The molecule has 0 spiro atoms. The van der Waals surface area contributed by atoms with Crippen molar-refractivity contribution in [2.75, 3.05) is 13.1 Å². The first kappa shape index (κ1) is 16.1. The SMILES string of the molecule is O=C(CCc1ccc(Cl)cc1)N1CC[C@@](O)(C(F)(F)F)C1. The largest absolute Gasteiger partial charge is 0.419 e. The van der Waals surface area contributed by atoms with Crippen molar-refractivity contribution in [3.63, 3.8) is 0 Å². The Bertz CT molecular complexity index is 518. The van der Waals surface area contributed by atoms with Crippen LogP contribution in [0.2, 0.25) is 5.02 Å². The van der Waals surface area contributed by atoms with Crippen molar-refractivity contribution in [1.29, 1.82) is 0 Å². The van der Waals surface area contributed by atoms with Gasteiger partial charge in [-0.15, -0.1) is 0 Å². The minimum Gasteiger partial charge on any atom is -0.379 e. The Kier molecular flexibility index (Phi) is 4.49. The van der Waals surface area contributed by atoms with Crippen molar-refractivity contribution in [1.82, 2.24) is 4.90 Å². The van der Waals surface area contributed by atoms with Crippen LogP contribution in [0.25, 0.3) is 0 Å². The fourth-order valence-corrected chi connectivity index (χ4v) is 2.42. The molecule has 7 heteroatoms. The van der Waals surface area contributed by atoms with Gasteiger partial charge in [-0.25, -0.2) is 0 Å².